The van der Waals surface area contributed by atoms with Crippen molar-refractivity contribution in [2.24, 2.45) is 0 Å². The fourth-order valence-corrected chi connectivity index (χ4v) is 3.22. The first kappa shape index (κ1) is 18.2. The zero-order chi connectivity index (χ0) is 15.9. The van der Waals surface area contributed by atoms with E-state index in [1.807, 2.05) is 0 Å². The first-order chi connectivity index (χ1) is 9.99. The first-order valence-corrected chi connectivity index (χ1v) is 8.55. The van der Waals surface area contributed by atoms with E-state index in [0.29, 0.717) is 6.04 Å². The molecule has 0 radical (unpaired) electrons. The Balaban J connectivity index is 2.89. The van der Waals surface area contributed by atoms with Crippen LogP contribution in [0.4, 0.5) is 0 Å². The molecule has 1 aromatic carbocycles. The maximum absolute atomic E-state index is 3.71. The average Bonchev–Trinajstić information content (AvgIpc) is 2.48. The van der Waals surface area contributed by atoms with Crippen LogP contribution in [0, 0.1) is 0 Å². The van der Waals surface area contributed by atoms with Crippen molar-refractivity contribution < 1.29 is 0 Å². The van der Waals surface area contributed by atoms with Crippen molar-refractivity contribution >= 4 is 0 Å². The second-order valence-electron chi connectivity index (χ2n) is 6.31. The van der Waals surface area contributed by atoms with Gasteiger partial charge < -0.3 is 5.32 Å². The highest BCUT2D eigenvalue weighted by Crippen LogP contribution is 2.22. The summed E-state index contributed by atoms with van der Waals surface area (Å²) in [6.07, 6.45) is 2.20. The Bertz CT molecular complexity index is 391. The fourth-order valence-electron chi connectivity index (χ4n) is 3.22. The van der Waals surface area contributed by atoms with Crippen LogP contribution in [0.5, 0.6) is 0 Å². The molecule has 0 saturated carbocycles. The molecule has 0 aliphatic heterocycles. The number of nitrogens with one attached hydrogen (secondary N) is 1. The molecule has 2 nitrogen and oxygen atoms in total. The molecule has 0 amide bonds. The summed E-state index contributed by atoms with van der Waals surface area (Å²) in [6, 6.07) is 9.59. The molecule has 0 saturated heterocycles. The molecule has 1 N–H and O–H groups in total. The zero-order valence-electron chi connectivity index (χ0n) is 14.9. The van der Waals surface area contributed by atoms with Gasteiger partial charge in [0, 0.05) is 11.6 Å². The van der Waals surface area contributed by atoms with E-state index in [2.05, 4.69) is 76.0 Å². The number of likely N-dealkylation sites (N-methyl/N-ethyl adjacent to an activating group) is 2. The van der Waals surface area contributed by atoms with Gasteiger partial charge in [0.25, 0.3) is 0 Å². The minimum Gasteiger partial charge on any atom is -0.312 e. The van der Waals surface area contributed by atoms with Gasteiger partial charge in [-0.05, 0) is 57.5 Å². The van der Waals surface area contributed by atoms with Crippen molar-refractivity contribution in [1.82, 2.24) is 10.2 Å². The summed E-state index contributed by atoms with van der Waals surface area (Å²) >= 11 is 0. The molecule has 0 fully saturated rings. The molecular formula is C19H34N2. The second kappa shape index (κ2) is 8.55. The Morgan fingerprint density at radius 2 is 1.48 bits per heavy atom. The van der Waals surface area contributed by atoms with Gasteiger partial charge in [-0.2, -0.15) is 0 Å². The SMILES string of the molecule is CCNC(Cc1ccc(CC)cc1)C(C)(C)N(CC)CC. The summed E-state index contributed by atoms with van der Waals surface area (Å²) in [4.78, 5) is 2.56. The Labute approximate surface area is 131 Å². The molecule has 0 aliphatic carbocycles. The highest BCUT2D eigenvalue weighted by molar-refractivity contribution is 5.24. The van der Waals surface area contributed by atoms with Crippen LogP contribution in [0.15, 0.2) is 24.3 Å². The van der Waals surface area contributed by atoms with Crippen molar-refractivity contribution in [3.8, 4) is 0 Å². The predicted molar refractivity (Wildman–Crippen MR) is 94.0 cm³/mol. The smallest absolute Gasteiger partial charge is 0.0309 e. The molecule has 21 heavy (non-hydrogen) atoms. The maximum atomic E-state index is 3.71. The molecular weight excluding hydrogens is 256 g/mol. The molecule has 1 aromatic rings. The predicted octanol–water partition coefficient (Wildman–Crippen LogP) is 3.89. The van der Waals surface area contributed by atoms with Crippen LogP contribution in [0.1, 0.15) is 52.7 Å². The number of hydrogen-bond donors (Lipinski definition) is 1. The third-order valence-electron chi connectivity index (χ3n) is 4.75. The van der Waals surface area contributed by atoms with Gasteiger partial charge >= 0.3 is 0 Å². The zero-order valence-corrected chi connectivity index (χ0v) is 14.9. The van der Waals surface area contributed by atoms with E-state index < -0.39 is 0 Å². The van der Waals surface area contributed by atoms with Gasteiger partial charge in [-0.15, -0.1) is 0 Å². The molecule has 2 heteroatoms. The van der Waals surface area contributed by atoms with Crippen LogP contribution >= 0.6 is 0 Å². The van der Waals surface area contributed by atoms with Gasteiger partial charge in [-0.1, -0.05) is 52.0 Å². The normalized spacial score (nSPS) is 13.7. The van der Waals surface area contributed by atoms with Gasteiger partial charge in [-0.3, -0.25) is 4.90 Å². The van der Waals surface area contributed by atoms with Gasteiger partial charge in [0.15, 0.2) is 0 Å². The van der Waals surface area contributed by atoms with Crippen molar-refractivity contribution in [2.75, 3.05) is 19.6 Å². The van der Waals surface area contributed by atoms with E-state index in [0.717, 1.165) is 32.5 Å². The van der Waals surface area contributed by atoms with Gasteiger partial charge in [0.05, 0.1) is 0 Å². The molecule has 120 valence electrons. The Hall–Kier alpha value is -0.860. The molecule has 1 atom stereocenters. The maximum Gasteiger partial charge on any atom is 0.0309 e. The van der Waals surface area contributed by atoms with Crippen LogP contribution in [0.3, 0.4) is 0 Å². The van der Waals surface area contributed by atoms with Gasteiger partial charge in [0.2, 0.25) is 0 Å². The van der Waals surface area contributed by atoms with E-state index in [-0.39, 0.29) is 5.54 Å². The minimum atomic E-state index is 0.156. The quantitative estimate of drug-likeness (QED) is 0.742. The summed E-state index contributed by atoms with van der Waals surface area (Å²) in [5.41, 5.74) is 3.00. The summed E-state index contributed by atoms with van der Waals surface area (Å²) in [5.74, 6) is 0. The van der Waals surface area contributed by atoms with E-state index in [4.69, 9.17) is 0 Å². The van der Waals surface area contributed by atoms with Gasteiger partial charge in [-0.25, -0.2) is 0 Å². The molecule has 0 heterocycles. The first-order valence-electron chi connectivity index (χ1n) is 8.55. The fraction of sp³-hybridized carbons (Fsp3) is 0.684. The molecule has 0 bridgehead atoms. The van der Waals surface area contributed by atoms with Crippen LogP contribution < -0.4 is 5.32 Å². The van der Waals surface area contributed by atoms with E-state index in [1.54, 1.807) is 0 Å². The summed E-state index contributed by atoms with van der Waals surface area (Å²) in [5, 5.41) is 3.71. The molecule has 0 aliphatic rings. The Morgan fingerprint density at radius 3 is 1.90 bits per heavy atom. The van der Waals surface area contributed by atoms with Crippen LogP contribution in [0.25, 0.3) is 0 Å². The van der Waals surface area contributed by atoms with Crippen molar-refractivity contribution in [3.63, 3.8) is 0 Å². The average molecular weight is 290 g/mol. The lowest BCUT2D eigenvalue weighted by Crippen LogP contribution is -2.58. The van der Waals surface area contributed by atoms with Crippen molar-refractivity contribution in [2.45, 2.75) is 66.0 Å². The largest absolute Gasteiger partial charge is 0.312 e. The van der Waals surface area contributed by atoms with E-state index >= 15 is 0 Å². The van der Waals surface area contributed by atoms with E-state index in [9.17, 15) is 0 Å². The topological polar surface area (TPSA) is 15.3 Å². The number of hydrogen-bond acceptors (Lipinski definition) is 2. The van der Waals surface area contributed by atoms with Crippen molar-refractivity contribution in [3.05, 3.63) is 35.4 Å². The highest BCUT2D eigenvalue weighted by Gasteiger charge is 2.33. The molecule has 1 unspecified atom stereocenters. The Kier molecular flexibility index (Phi) is 7.41. The van der Waals surface area contributed by atoms with Gasteiger partial charge in [0.1, 0.15) is 0 Å². The summed E-state index contributed by atoms with van der Waals surface area (Å²) in [6.45, 7) is 16.9. The standard InChI is InChI=1S/C19H34N2/c1-7-16-11-13-17(14-12-16)15-18(20-8-2)19(5,6)21(9-3)10-4/h11-14,18,20H,7-10,15H2,1-6H3. The van der Waals surface area contributed by atoms with Crippen molar-refractivity contribution in [1.29, 1.82) is 0 Å². The number of aryl methyl sites for hydroxylation is 1. The lowest BCUT2D eigenvalue weighted by Gasteiger charge is -2.44. The molecule has 0 spiro atoms. The van der Waals surface area contributed by atoms with Crippen LogP contribution in [-0.2, 0) is 12.8 Å². The Morgan fingerprint density at radius 1 is 0.952 bits per heavy atom. The number of nitrogens with zero attached hydrogens (tertiary/aromatic N) is 1. The third kappa shape index (κ3) is 4.82. The highest BCUT2D eigenvalue weighted by atomic mass is 15.2. The minimum absolute atomic E-state index is 0.156. The lowest BCUT2D eigenvalue weighted by atomic mass is 9.87. The lowest BCUT2D eigenvalue weighted by molar-refractivity contribution is 0.0918. The monoisotopic (exact) mass is 290 g/mol. The number of rotatable bonds is 9. The third-order valence-corrected chi connectivity index (χ3v) is 4.75. The van der Waals surface area contributed by atoms with E-state index in [1.165, 1.54) is 11.1 Å². The molecule has 0 aromatic heterocycles. The second-order valence-corrected chi connectivity index (χ2v) is 6.31. The molecule has 1 rings (SSSR count). The summed E-state index contributed by atoms with van der Waals surface area (Å²) in [7, 11) is 0. The number of benzene rings is 1. The van der Waals surface area contributed by atoms with Crippen LogP contribution in [-0.4, -0.2) is 36.1 Å². The van der Waals surface area contributed by atoms with Crippen LogP contribution in [0.2, 0.25) is 0 Å². The summed E-state index contributed by atoms with van der Waals surface area (Å²) < 4.78 is 0.